The first-order valence-corrected chi connectivity index (χ1v) is 12.0. The van der Waals surface area contributed by atoms with Crippen LogP contribution in [0, 0.1) is 6.92 Å². The Bertz CT molecular complexity index is 1300. The van der Waals surface area contributed by atoms with E-state index in [-0.39, 0.29) is 36.3 Å². The van der Waals surface area contributed by atoms with E-state index in [1.54, 1.807) is 26.2 Å². The number of nitrogens with zero attached hydrogens (tertiary/aromatic N) is 5. The third kappa shape index (κ3) is 4.76. The van der Waals surface area contributed by atoms with Crippen LogP contribution in [0.5, 0.6) is 5.88 Å². The van der Waals surface area contributed by atoms with Gasteiger partial charge in [0.05, 0.1) is 18.9 Å². The summed E-state index contributed by atoms with van der Waals surface area (Å²) in [7, 11) is 3.24. The Balaban J connectivity index is 1.53. The van der Waals surface area contributed by atoms with Crippen LogP contribution in [-0.4, -0.2) is 44.1 Å². The van der Waals surface area contributed by atoms with Crippen LogP contribution in [0.25, 0.3) is 11.2 Å². The fourth-order valence-corrected chi connectivity index (χ4v) is 5.10. The Morgan fingerprint density at radius 3 is 2.57 bits per heavy atom. The Kier molecular flexibility index (Phi) is 6.25. The Hall–Kier alpha value is -3.01. The maximum atomic E-state index is 13.9. The number of aryl methyl sites for hydroxylation is 2. The molecule has 3 aromatic heterocycles. The average Bonchev–Trinajstić information content (AvgIpc) is 2.85. The van der Waals surface area contributed by atoms with Crippen molar-refractivity contribution in [3.63, 3.8) is 0 Å². The van der Waals surface area contributed by atoms with Gasteiger partial charge in [0, 0.05) is 50.6 Å². The molecule has 0 radical (unpaired) electrons. The van der Waals surface area contributed by atoms with E-state index < -0.39 is 5.92 Å². The molecule has 3 aromatic rings. The number of fused-ring (bicyclic) bond motifs is 1. The van der Waals surface area contributed by atoms with Gasteiger partial charge in [-0.15, -0.1) is 0 Å². The van der Waals surface area contributed by atoms with Gasteiger partial charge in [0.2, 0.25) is 17.4 Å². The van der Waals surface area contributed by atoms with E-state index >= 15 is 0 Å². The van der Waals surface area contributed by atoms with E-state index in [9.17, 15) is 13.6 Å². The molecule has 2 fully saturated rings. The van der Waals surface area contributed by atoms with E-state index in [1.807, 2.05) is 0 Å². The maximum absolute atomic E-state index is 13.9. The lowest BCUT2D eigenvalue weighted by molar-refractivity contribution is -0.0384. The molecule has 1 saturated heterocycles. The summed E-state index contributed by atoms with van der Waals surface area (Å²) >= 11 is 0. The van der Waals surface area contributed by atoms with E-state index in [1.165, 1.54) is 17.7 Å². The van der Waals surface area contributed by atoms with E-state index in [4.69, 9.17) is 19.4 Å². The predicted octanol–water partition coefficient (Wildman–Crippen LogP) is 4.36. The van der Waals surface area contributed by atoms with Crippen LogP contribution in [0.4, 0.5) is 8.78 Å². The smallest absolute Gasteiger partial charge is 0.250 e. The molecule has 0 bridgehead atoms. The highest BCUT2D eigenvalue weighted by atomic mass is 19.3. The van der Waals surface area contributed by atoms with Gasteiger partial charge in [0.25, 0.3) is 0 Å². The summed E-state index contributed by atoms with van der Waals surface area (Å²) in [5.74, 6) is -1.74. The van der Waals surface area contributed by atoms with Crippen LogP contribution >= 0.6 is 0 Å². The minimum atomic E-state index is -2.63. The fourth-order valence-electron chi connectivity index (χ4n) is 5.10. The van der Waals surface area contributed by atoms with Gasteiger partial charge in [-0.2, -0.15) is 0 Å². The van der Waals surface area contributed by atoms with Crippen LogP contribution < -0.4 is 10.3 Å². The number of rotatable bonds is 4. The monoisotopic (exact) mass is 485 g/mol. The third-order valence-corrected chi connectivity index (χ3v) is 7.13. The van der Waals surface area contributed by atoms with Gasteiger partial charge in [-0.05, 0) is 44.2 Å². The second-order valence-electron chi connectivity index (χ2n) is 9.58. The number of ether oxygens (including phenoxy) is 2. The van der Waals surface area contributed by atoms with Gasteiger partial charge in [0.15, 0.2) is 5.65 Å². The molecule has 1 saturated carbocycles. The Morgan fingerprint density at radius 2 is 1.86 bits per heavy atom. The molecule has 2 aliphatic rings. The largest absolute Gasteiger partial charge is 0.480 e. The van der Waals surface area contributed by atoms with Crippen LogP contribution in [0.1, 0.15) is 79.2 Å². The van der Waals surface area contributed by atoms with Crippen molar-refractivity contribution in [1.29, 1.82) is 0 Å². The van der Waals surface area contributed by atoms with Gasteiger partial charge < -0.3 is 14.0 Å². The zero-order valence-corrected chi connectivity index (χ0v) is 20.1. The minimum absolute atomic E-state index is 0.00312. The minimum Gasteiger partial charge on any atom is -0.480 e. The topological polar surface area (TPSA) is 92.0 Å². The lowest BCUT2D eigenvalue weighted by Gasteiger charge is -2.31. The first-order chi connectivity index (χ1) is 16.7. The number of hydrogen-bond acceptors (Lipinski definition) is 7. The molecule has 2 atom stereocenters. The van der Waals surface area contributed by atoms with Crippen molar-refractivity contribution in [2.45, 2.75) is 69.3 Å². The first kappa shape index (κ1) is 23.7. The van der Waals surface area contributed by atoms with Crippen LogP contribution in [0.3, 0.4) is 0 Å². The zero-order chi connectivity index (χ0) is 24.7. The van der Waals surface area contributed by atoms with Crippen LogP contribution in [0.2, 0.25) is 0 Å². The summed E-state index contributed by atoms with van der Waals surface area (Å²) in [6.45, 7) is 2.33. The van der Waals surface area contributed by atoms with Crippen molar-refractivity contribution in [1.82, 2.24) is 24.5 Å². The normalized spacial score (nSPS) is 22.9. The molecule has 8 nitrogen and oxygen atoms in total. The molecule has 2 unspecified atom stereocenters. The van der Waals surface area contributed by atoms with E-state index in [0.717, 1.165) is 12.0 Å². The third-order valence-electron chi connectivity index (χ3n) is 7.13. The molecule has 5 rings (SSSR count). The summed E-state index contributed by atoms with van der Waals surface area (Å²) in [4.78, 5) is 30.8. The molecule has 10 heteroatoms. The first-order valence-electron chi connectivity index (χ1n) is 12.0. The second kappa shape index (κ2) is 9.22. The van der Waals surface area contributed by atoms with Gasteiger partial charge >= 0.3 is 0 Å². The molecule has 1 aliphatic heterocycles. The number of alkyl halides is 2. The fraction of sp³-hybridized carbons (Fsp3) is 0.560. The van der Waals surface area contributed by atoms with Gasteiger partial charge in [-0.1, -0.05) is 0 Å². The van der Waals surface area contributed by atoms with E-state index in [2.05, 4.69) is 9.97 Å². The van der Waals surface area contributed by atoms with E-state index in [0.29, 0.717) is 60.1 Å². The van der Waals surface area contributed by atoms with Crippen molar-refractivity contribution >= 4 is 11.2 Å². The number of pyridine rings is 1. The summed E-state index contributed by atoms with van der Waals surface area (Å²) < 4.78 is 40.7. The predicted molar refractivity (Wildman–Crippen MR) is 125 cm³/mol. The van der Waals surface area contributed by atoms with Crippen molar-refractivity contribution in [2.75, 3.05) is 13.7 Å². The Labute approximate surface area is 201 Å². The number of halogens is 2. The summed E-state index contributed by atoms with van der Waals surface area (Å²) in [5.41, 5.74) is 3.12. The molecular formula is C25H29F2N5O3. The van der Waals surface area contributed by atoms with Crippen LogP contribution in [0.15, 0.2) is 23.1 Å². The van der Waals surface area contributed by atoms with Crippen LogP contribution in [-0.2, 0) is 11.8 Å². The highest BCUT2D eigenvalue weighted by molar-refractivity contribution is 5.74. The highest BCUT2D eigenvalue weighted by Gasteiger charge is 2.37. The summed E-state index contributed by atoms with van der Waals surface area (Å²) in [6.07, 6.45) is 3.33. The second-order valence-corrected chi connectivity index (χ2v) is 9.58. The number of aromatic nitrogens is 5. The zero-order valence-electron chi connectivity index (χ0n) is 20.1. The molecule has 0 amide bonds. The molecule has 0 spiro atoms. The van der Waals surface area contributed by atoms with Gasteiger partial charge in [-0.25, -0.2) is 28.7 Å². The van der Waals surface area contributed by atoms with Crippen molar-refractivity contribution in [2.24, 2.45) is 7.05 Å². The molecular weight excluding hydrogens is 456 g/mol. The summed E-state index contributed by atoms with van der Waals surface area (Å²) in [6, 6.07) is 3.34. The van der Waals surface area contributed by atoms with Crippen molar-refractivity contribution in [3.8, 4) is 5.88 Å². The average molecular weight is 486 g/mol. The molecule has 0 N–H and O–H groups in total. The lowest BCUT2D eigenvalue weighted by atomic mass is 9.84. The number of hydrogen-bond donors (Lipinski definition) is 0. The molecule has 4 heterocycles. The van der Waals surface area contributed by atoms with Gasteiger partial charge in [0.1, 0.15) is 17.0 Å². The quantitative estimate of drug-likeness (QED) is 0.542. The standard InChI is InChI=1S/C25H29F2N5O3/c1-14-24(34-3)30-21-20(15-6-9-25(26,27)10-7-15)29-22(31-23(21)28-14)16-8-11-35-18(12-16)17-4-5-19(33)32(2)13-17/h4-5,13,15-16,18H,6-12H2,1-3H3. The van der Waals surface area contributed by atoms with Crippen molar-refractivity contribution < 1.29 is 18.3 Å². The molecule has 1 aliphatic carbocycles. The SMILES string of the molecule is COc1nc2c(C3CCC(F)(F)CC3)nc(C3CCOC(c4ccc(=O)n(C)c4)C3)nc2nc1C. The number of methoxy groups -OCH3 is 1. The maximum Gasteiger partial charge on any atom is 0.250 e. The van der Waals surface area contributed by atoms with Crippen molar-refractivity contribution in [3.05, 3.63) is 51.5 Å². The molecule has 186 valence electrons. The highest BCUT2D eigenvalue weighted by Crippen LogP contribution is 2.43. The lowest BCUT2D eigenvalue weighted by Crippen LogP contribution is -2.26. The van der Waals surface area contributed by atoms with Gasteiger partial charge in [-0.3, -0.25) is 4.79 Å². The molecule has 0 aromatic carbocycles. The molecule has 35 heavy (non-hydrogen) atoms. The Morgan fingerprint density at radius 1 is 1.09 bits per heavy atom. The summed E-state index contributed by atoms with van der Waals surface area (Å²) in [5, 5.41) is 0.